The molecule has 0 aromatic heterocycles. The highest BCUT2D eigenvalue weighted by Crippen LogP contribution is 1.86. The molecule has 0 amide bonds. The van der Waals surface area contributed by atoms with Gasteiger partial charge in [-0.1, -0.05) is 5.92 Å². The van der Waals surface area contributed by atoms with Gasteiger partial charge in [-0.15, -0.1) is 6.42 Å². The topological polar surface area (TPSA) is 43.4 Å². The SMILES string of the molecule is C#CCOC(=O)CC(C)=O. The molecule has 0 fully saturated rings. The van der Waals surface area contributed by atoms with Gasteiger partial charge >= 0.3 is 5.97 Å². The highest BCUT2D eigenvalue weighted by molar-refractivity contribution is 5.94. The van der Waals surface area contributed by atoms with E-state index in [0.29, 0.717) is 0 Å². The quantitative estimate of drug-likeness (QED) is 0.318. The van der Waals surface area contributed by atoms with Crippen LogP contribution in [0.3, 0.4) is 0 Å². The number of rotatable bonds is 3. The lowest BCUT2D eigenvalue weighted by Crippen LogP contribution is -2.08. The van der Waals surface area contributed by atoms with Gasteiger partial charge < -0.3 is 4.74 Å². The van der Waals surface area contributed by atoms with Crippen LogP contribution < -0.4 is 0 Å². The molecule has 3 nitrogen and oxygen atoms in total. The first-order chi connectivity index (χ1) is 4.66. The zero-order valence-electron chi connectivity index (χ0n) is 5.72. The molecule has 0 saturated heterocycles. The second-order valence-corrected chi connectivity index (χ2v) is 1.74. The van der Waals surface area contributed by atoms with Crippen molar-refractivity contribution in [3.63, 3.8) is 0 Å². The number of ketones is 1. The Morgan fingerprint density at radius 3 is 2.60 bits per heavy atom. The number of esters is 1. The Bertz CT molecular complexity index is 176. The highest BCUT2D eigenvalue weighted by Gasteiger charge is 2.03. The van der Waals surface area contributed by atoms with Gasteiger partial charge in [0.1, 0.15) is 12.2 Å². The molecule has 0 aliphatic rings. The molecule has 0 aliphatic carbocycles. The Labute approximate surface area is 59.4 Å². The first-order valence-corrected chi connectivity index (χ1v) is 2.75. The van der Waals surface area contributed by atoms with Crippen LogP contribution in [0.2, 0.25) is 0 Å². The number of ether oxygens (including phenoxy) is 1. The third-order valence-corrected chi connectivity index (χ3v) is 0.710. The Balaban J connectivity index is 3.47. The fourth-order valence-electron chi connectivity index (χ4n) is 0.376. The van der Waals surface area contributed by atoms with Crippen molar-refractivity contribution in [3.05, 3.63) is 0 Å². The van der Waals surface area contributed by atoms with Crippen LogP contribution in [0, 0.1) is 12.3 Å². The standard InChI is InChI=1S/C7H8O3/c1-3-4-10-7(9)5-6(2)8/h1H,4-5H2,2H3. The van der Waals surface area contributed by atoms with Crippen LogP contribution in [0.15, 0.2) is 0 Å². The Morgan fingerprint density at radius 1 is 1.60 bits per heavy atom. The minimum atomic E-state index is -0.564. The summed E-state index contributed by atoms with van der Waals surface area (Å²) in [5, 5.41) is 0. The van der Waals surface area contributed by atoms with E-state index in [1.807, 2.05) is 0 Å². The molecule has 10 heavy (non-hydrogen) atoms. The maximum Gasteiger partial charge on any atom is 0.314 e. The van der Waals surface area contributed by atoms with Gasteiger partial charge in [-0.3, -0.25) is 9.59 Å². The average molecular weight is 140 g/mol. The molecule has 0 heterocycles. The van der Waals surface area contributed by atoms with Crippen molar-refractivity contribution >= 4 is 11.8 Å². The molecule has 0 radical (unpaired) electrons. The summed E-state index contributed by atoms with van der Waals surface area (Å²) in [6.07, 6.45) is 4.60. The van der Waals surface area contributed by atoms with Crippen molar-refractivity contribution in [1.29, 1.82) is 0 Å². The zero-order valence-corrected chi connectivity index (χ0v) is 5.72. The first-order valence-electron chi connectivity index (χ1n) is 2.75. The van der Waals surface area contributed by atoms with Crippen LogP contribution in [0.5, 0.6) is 0 Å². The number of hydrogen-bond acceptors (Lipinski definition) is 3. The van der Waals surface area contributed by atoms with E-state index in [1.165, 1.54) is 6.92 Å². The number of carbonyl (C=O) groups is 2. The van der Waals surface area contributed by atoms with Crippen LogP contribution in [0.25, 0.3) is 0 Å². The monoisotopic (exact) mass is 140 g/mol. The van der Waals surface area contributed by atoms with Gasteiger partial charge in [0.15, 0.2) is 6.61 Å². The maximum absolute atomic E-state index is 10.5. The highest BCUT2D eigenvalue weighted by atomic mass is 16.5. The van der Waals surface area contributed by atoms with Gasteiger partial charge in [-0.05, 0) is 6.92 Å². The Kier molecular flexibility index (Phi) is 3.97. The molecular formula is C7H8O3. The molecule has 3 heteroatoms. The van der Waals surface area contributed by atoms with Gasteiger partial charge in [-0.2, -0.15) is 0 Å². The molecule has 0 aromatic carbocycles. The molecular weight excluding hydrogens is 132 g/mol. The molecule has 0 atom stereocenters. The molecule has 0 N–H and O–H groups in total. The predicted octanol–water partition coefficient (Wildman–Crippen LogP) is 0.142. The summed E-state index contributed by atoms with van der Waals surface area (Å²) in [6, 6.07) is 0. The second-order valence-electron chi connectivity index (χ2n) is 1.74. The van der Waals surface area contributed by atoms with Crippen molar-refractivity contribution < 1.29 is 14.3 Å². The molecule has 0 aliphatic heterocycles. The summed E-state index contributed by atoms with van der Waals surface area (Å²) in [5.74, 6) is 1.33. The smallest absolute Gasteiger partial charge is 0.314 e. The van der Waals surface area contributed by atoms with E-state index in [1.54, 1.807) is 0 Å². The van der Waals surface area contributed by atoms with Crippen molar-refractivity contribution in [2.75, 3.05) is 6.61 Å². The van der Waals surface area contributed by atoms with Crippen molar-refractivity contribution in [2.45, 2.75) is 13.3 Å². The molecule has 0 saturated carbocycles. The predicted molar refractivity (Wildman–Crippen MR) is 35.1 cm³/mol. The number of Topliss-reactive ketones (excluding diaryl/α,β-unsaturated/α-hetero) is 1. The summed E-state index contributed by atoms with van der Waals surface area (Å²) in [4.78, 5) is 20.7. The molecule has 0 rings (SSSR count). The van der Waals surface area contributed by atoms with Crippen molar-refractivity contribution in [3.8, 4) is 12.3 Å². The lowest BCUT2D eigenvalue weighted by Gasteiger charge is -1.95. The fraction of sp³-hybridized carbons (Fsp3) is 0.429. The van der Waals surface area contributed by atoms with Gasteiger partial charge in [0.05, 0.1) is 0 Å². The number of terminal acetylenes is 1. The van der Waals surface area contributed by atoms with Gasteiger partial charge in [0.25, 0.3) is 0 Å². The Hall–Kier alpha value is -1.30. The third-order valence-electron chi connectivity index (χ3n) is 0.710. The lowest BCUT2D eigenvalue weighted by atomic mass is 10.3. The van der Waals surface area contributed by atoms with E-state index in [9.17, 15) is 9.59 Å². The summed E-state index contributed by atoms with van der Waals surface area (Å²) in [6.45, 7) is 1.25. The minimum absolute atomic E-state index is 0.0634. The number of hydrogen-bond donors (Lipinski definition) is 0. The van der Waals surface area contributed by atoms with Gasteiger partial charge in [0.2, 0.25) is 0 Å². The Morgan fingerprint density at radius 2 is 2.20 bits per heavy atom. The van der Waals surface area contributed by atoms with E-state index < -0.39 is 5.97 Å². The van der Waals surface area contributed by atoms with Crippen LogP contribution >= 0.6 is 0 Å². The van der Waals surface area contributed by atoms with Crippen molar-refractivity contribution in [2.24, 2.45) is 0 Å². The largest absolute Gasteiger partial charge is 0.452 e. The van der Waals surface area contributed by atoms with Gasteiger partial charge in [-0.25, -0.2) is 0 Å². The van der Waals surface area contributed by atoms with Crippen LogP contribution in [0.1, 0.15) is 13.3 Å². The van der Waals surface area contributed by atoms with E-state index in [0.717, 1.165) is 0 Å². The minimum Gasteiger partial charge on any atom is -0.452 e. The van der Waals surface area contributed by atoms with E-state index in [4.69, 9.17) is 6.42 Å². The third kappa shape index (κ3) is 4.85. The molecule has 0 unspecified atom stereocenters. The molecule has 0 bridgehead atoms. The van der Waals surface area contributed by atoms with Crippen LogP contribution in [0.4, 0.5) is 0 Å². The number of carbonyl (C=O) groups excluding carboxylic acids is 2. The second kappa shape index (κ2) is 4.57. The summed E-state index contributed by atoms with van der Waals surface area (Å²) in [5.41, 5.74) is 0. The summed E-state index contributed by atoms with van der Waals surface area (Å²) < 4.78 is 4.41. The average Bonchev–Trinajstić information content (AvgIpc) is 1.82. The van der Waals surface area contributed by atoms with E-state index >= 15 is 0 Å². The van der Waals surface area contributed by atoms with Gasteiger partial charge in [0, 0.05) is 0 Å². The summed E-state index contributed by atoms with van der Waals surface area (Å²) >= 11 is 0. The first kappa shape index (κ1) is 8.70. The maximum atomic E-state index is 10.5. The molecule has 0 aromatic rings. The zero-order chi connectivity index (χ0) is 7.98. The van der Waals surface area contributed by atoms with E-state index in [-0.39, 0.29) is 18.8 Å². The van der Waals surface area contributed by atoms with Crippen LogP contribution in [-0.4, -0.2) is 18.4 Å². The van der Waals surface area contributed by atoms with E-state index in [2.05, 4.69) is 10.7 Å². The normalized spacial score (nSPS) is 8.00. The fourth-order valence-corrected chi connectivity index (χ4v) is 0.376. The molecule has 0 spiro atoms. The van der Waals surface area contributed by atoms with Crippen molar-refractivity contribution in [1.82, 2.24) is 0 Å². The molecule has 54 valence electrons. The summed E-state index contributed by atoms with van der Waals surface area (Å²) in [7, 11) is 0. The lowest BCUT2D eigenvalue weighted by molar-refractivity contribution is -0.144. The van der Waals surface area contributed by atoms with Crippen LogP contribution in [-0.2, 0) is 14.3 Å².